The van der Waals surface area contributed by atoms with Gasteiger partial charge in [-0.3, -0.25) is 0 Å². The van der Waals surface area contributed by atoms with Crippen LogP contribution in [0.2, 0.25) is 0 Å². The molecule has 0 aromatic heterocycles. The standard InChI is InChI=1S/C12H15F4N/c1-7(2)11-8(3)10(5-4-9(11)13)17-6-12(14,15)16/h4-5,7,17H,6H2,1-3H3. The molecule has 0 heterocycles. The molecule has 0 radical (unpaired) electrons. The molecule has 1 aromatic rings. The summed E-state index contributed by atoms with van der Waals surface area (Å²) in [6.45, 7) is 4.12. The number of nitrogens with one attached hydrogen (secondary N) is 1. The van der Waals surface area contributed by atoms with E-state index in [2.05, 4.69) is 5.32 Å². The monoisotopic (exact) mass is 249 g/mol. The van der Waals surface area contributed by atoms with Gasteiger partial charge in [0.15, 0.2) is 0 Å². The van der Waals surface area contributed by atoms with Crippen molar-refractivity contribution in [2.45, 2.75) is 32.9 Å². The fraction of sp³-hybridized carbons (Fsp3) is 0.500. The summed E-state index contributed by atoms with van der Waals surface area (Å²) in [7, 11) is 0. The van der Waals surface area contributed by atoms with Gasteiger partial charge in [0.05, 0.1) is 0 Å². The van der Waals surface area contributed by atoms with Crippen LogP contribution in [-0.4, -0.2) is 12.7 Å². The van der Waals surface area contributed by atoms with Crippen molar-refractivity contribution in [2.24, 2.45) is 0 Å². The van der Waals surface area contributed by atoms with Crippen LogP contribution in [0.1, 0.15) is 30.9 Å². The molecule has 1 nitrogen and oxygen atoms in total. The van der Waals surface area contributed by atoms with E-state index in [1.807, 2.05) is 0 Å². The van der Waals surface area contributed by atoms with Gasteiger partial charge in [-0.2, -0.15) is 13.2 Å². The SMILES string of the molecule is Cc1c(NCC(F)(F)F)ccc(F)c1C(C)C. The van der Waals surface area contributed by atoms with Crippen molar-refractivity contribution in [1.82, 2.24) is 0 Å². The van der Waals surface area contributed by atoms with Gasteiger partial charge in [0.2, 0.25) is 0 Å². The van der Waals surface area contributed by atoms with Gasteiger partial charge >= 0.3 is 6.18 Å². The van der Waals surface area contributed by atoms with Crippen LogP contribution >= 0.6 is 0 Å². The highest BCUT2D eigenvalue weighted by atomic mass is 19.4. The number of halogens is 4. The molecule has 0 saturated heterocycles. The summed E-state index contributed by atoms with van der Waals surface area (Å²) in [4.78, 5) is 0. The molecule has 96 valence electrons. The molecular formula is C12H15F4N. The molecule has 0 unspecified atom stereocenters. The number of alkyl halides is 3. The first kappa shape index (κ1) is 13.8. The van der Waals surface area contributed by atoms with Crippen molar-refractivity contribution >= 4 is 5.69 Å². The Kier molecular flexibility index (Phi) is 4.01. The van der Waals surface area contributed by atoms with E-state index in [0.717, 1.165) is 0 Å². The number of hydrogen-bond acceptors (Lipinski definition) is 1. The molecule has 0 atom stereocenters. The molecule has 0 amide bonds. The van der Waals surface area contributed by atoms with E-state index < -0.39 is 12.7 Å². The highest BCUT2D eigenvalue weighted by Crippen LogP contribution is 2.28. The van der Waals surface area contributed by atoms with Crippen LogP contribution in [-0.2, 0) is 0 Å². The summed E-state index contributed by atoms with van der Waals surface area (Å²) in [6.07, 6.45) is -4.28. The van der Waals surface area contributed by atoms with Gasteiger partial charge in [0.1, 0.15) is 12.4 Å². The number of hydrogen-bond donors (Lipinski definition) is 1. The molecule has 1 rings (SSSR count). The van der Waals surface area contributed by atoms with Crippen molar-refractivity contribution in [1.29, 1.82) is 0 Å². The summed E-state index contributed by atoms with van der Waals surface area (Å²) in [6, 6.07) is 2.53. The van der Waals surface area contributed by atoms with Crippen LogP contribution in [0.4, 0.5) is 23.2 Å². The highest BCUT2D eigenvalue weighted by molar-refractivity contribution is 5.55. The normalized spacial score (nSPS) is 12.0. The average molecular weight is 249 g/mol. The second kappa shape index (κ2) is 4.94. The maximum atomic E-state index is 13.5. The third-order valence-electron chi connectivity index (χ3n) is 2.52. The lowest BCUT2D eigenvalue weighted by Gasteiger charge is -2.17. The zero-order chi connectivity index (χ0) is 13.2. The van der Waals surface area contributed by atoms with Gasteiger partial charge < -0.3 is 5.32 Å². The fourth-order valence-electron chi connectivity index (χ4n) is 1.79. The quantitative estimate of drug-likeness (QED) is 0.790. The molecule has 0 aliphatic rings. The van der Waals surface area contributed by atoms with Gasteiger partial charge in [-0.05, 0) is 36.1 Å². The van der Waals surface area contributed by atoms with Crippen LogP contribution in [0.5, 0.6) is 0 Å². The lowest BCUT2D eigenvalue weighted by molar-refractivity contribution is -0.115. The molecule has 0 saturated carbocycles. The zero-order valence-electron chi connectivity index (χ0n) is 9.95. The minimum Gasteiger partial charge on any atom is -0.376 e. The molecule has 0 aliphatic carbocycles. The van der Waals surface area contributed by atoms with Crippen LogP contribution in [0.3, 0.4) is 0 Å². The minimum absolute atomic E-state index is 0.0670. The van der Waals surface area contributed by atoms with Crippen LogP contribution in [0.15, 0.2) is 12.1 Å². The third kappa shape index (κ3) is 3.61. The van der Waals surface area contributed by atoms with Crippen molar-refractivity contribution in [3.8, 4) is 0 Å². The predicted octanol–water partition coefficient (Wildman–Crippen LogP) is 4.23. The first-order chi connectivity index (χ1) is 7.72. The molecule has 1 aromatic carbocycles. The van der Waals surface area contributed by atoms with E-state index in [4.69, 9.17) is 0 Å². The maximum Gasteiger partial charge on any atom is 0.405 e. The first-order valence-corrected chi connectivity index (χ1v) is 5.32. The Morgan fingerprint density at radius 2 is 1.82 bits per heavy atom. The molecule has 0 fully saturated rings. The molecular weight excluding hydrogens is 234 g/mol. The summed E-state index contributed by atoms with van der Waals surface area (Å²) >= 11 is 0. The van der Waals surface area contributed by atoms with Gasteiger partial charge in [-0.1, -0.05) is 13.8 Å². The van der Waals surface area contributed by atoms with E-state index in [1.165, 1.54) is 12.1 Å². The van der Waals surface area contributed by atoms with Crippen LogP contribution in [0.25, 0.3) is 0 Å². The predicted molar refractivity (Wildman–Crippen MR) is 59.8 cm³/mol. The van der Waals surface area contributed by atoms with E-state index in [9.17, 15) is 17.6 Å². The number of anilines is 1. The zero-order valence-corrected chi connectivity index (χ0v) is 9.95. The third-order valence-corrected chi connectivity index (χ3v) is 2.52. The van der Waals surface area contributed by atoms with E-state index in [-0.39, 0.29) is 11.7 Å². The molecule has 0 bridgehead atoms. The lowest BCUT2D eigenvalue weighted by atomic mass is 9.96. The highest BCUT2D eigenvalue weighted by Gasteiger charge is 2.27. The Morgan fingerprint density at radius 3 is 2.29 bits per heavy atom. The van der Waals surface area contributed by atoms with E-state index in [1.54, 1.807) is 20.8 Å². The largest absolute Gasteiger partial charge is 0.405 e. The molecule has 1 N–H and O–H groups in total. The fourth-order valence-corrected chi connectivity index (χ4v) is 1.79. The molecule has 17 heavy (non-hydrogen) atoms. The number of benzene rings is 1. The topological polar surface area (TPSA) is 12.0 Å². The number of rotatable bonds is 3. The van der Waals surface area contributed by atoms with Crippen molar-refractivity contribution < 1.29 is 17.6 Å². The Morgan fingerprint density at radius 1 is 1.24 bits per heavy atom. The van der Waals surface area contributed by atoms with E-state index >= 15 is 0 Å². The smallest absolute Gasteiger partial charge is 0.376 e. The first-order valence-electron chi connectivity index (χ1n) is 5.32. The van der Waals surface area contributed by atoms with Crippen LogP contribution in [0, 0.1) is 12.7 Å². The summed E-state index contributed by atoms with van der Waals surface area (Å²) in [5, 5.41) is 2.28. The minimum atomic E-state index is -4.28. The van der Waals surface area contributed by atoms with Crippen molar-refractivity contribution in [3.05, 3.63) is 29.1 Å². The van der Waals surface area contributed by atoms with Crippen molar-refractivity contribution in [3.63, 3.8) is 0 Å². The Hall–Kier alpha value is -1.26. The van der Waals surface area contributed by atoms with Gasteiger partial charge in [0, 0.05) is 5.69 Å². The second-order valence-electron chi connectivity index (χ2n) is 4.26. The van der Waals surface area contributed by atoms with Crippen molar-refractivity contribution in [2.75, 3.05) is 11.9 Å². The molecule has 0 aliphatic heterocycles. The second-order valence-corrected chi connectivity index (χ2v) is 4.26. The average Bonchev–Trinajstić information content (AvgIpc) is 2.14. The van der Waals surface area contributed by atoms with Gasteiger partial charge in [0.25, 0.3) is 0 Å². The maximum absolute atomic E-state index is 13.5. The van der Waals surface area contributed by atoms with Gasteiger partial charge in [-0.25, -0.2) is 4.39 Å². The summed E-state index contributed by atoms with van der Waals surface area (Å²) in [5.41, 5.74) is 1.31. The summed E-state index contributed by atoms with van der Waals surface area (Å²) < 4.78 is 49.7. The molecule has 5 heteroatoms. The Bertz CT molecular complexity index is 396. The van der Waals surface area contributed by atoms with E-state index in [0.29, 0.717) is 16.8 Å². The molecule has 0 spiro atoms. The Balaban J connectivity index is 2.99. The summed E-state index contributed by atoms with van der Waals surface area (Å²) in [5.74, 6) is -0.447. The lowest BCUT2D eigenvalue weighted by Crippen LogP contribution is -2.22. The van der Waals surface area contributed by atoms with Gasteiger partial charge in [-0.15, -0.1) is 0 Å². The van der Waals surface area contributed by atoms with Crippen LogP contribution < -0.4 is 5.32 Å². The Labute approximate surface area is 97.8 Å².